The Kier molecular flexibility index (Phi) is 5.78. The predicted octanol–water partition coefficient (Wildman–Crippen LogP) is 1.58. The molecule has 0 N–H and O–H groups in total. The molecule has 0 saturated carbocycles. The van der Waals surface area contributed by atoms with E-state index in [1.807, 2.05) is 14.1 Å². The fourth-order valence-electron chi connectivity index (χ4n) is 2.69. The number of benzene rings is 1. The highest BCUT2D eigenvalue weighted by Crippen LogP contribution is 2.22. The molecule has 128 valence electrons. The summed E-state index contributed by atoms with van der Waals surface area (Å²) >= 11 is 0. The van der Waals surface area contributed by atoms with Crippen molar-refractivity contribution in [3.63, 3.8) is 0 Å². The Balaban J connectivity index is 2.17. The summed E-state index contributed by atoms with van der Waals surface area (Å²) in [7, 11) is 0.406. The number of carbonyl (C=O) groups excluding carboxylic acids is 1. The highest BCUT2D eigenvalue weighted by molar-refractivity contribution is 7.89. The number of ether oxygens (including phenoxy) is 1. The number of esters is 1. The van der Waals surface area contributed by atoms with Crippen LogP contribution in [0, 0.1) is 0 Å². The lowest BCUT2D eigenvalue weighted by molar-refractivity contribution is 0.0526. The van der Waals surface area contributed by atoms with Crippen LogP contribution in [-0.2, 0) is 14.8 Å². The zero-order chi connectivity index (χ0) is 17.0. The van der Waals surface area contributed by atoms with E-state index in [0.717, 1.165) is 12.8 Å². The molecular weight excluding hydrogens is 316 g/mol. The van der Waals surface area contributed by atoms with Crippen LogP contribution in [0.25, 0.3) is 0 Å². The summed E-state index contributed by atoms with van der Waals surface area (Å²) < 4.78 is 31.9. The van der Waals surface area contributed by atoms with Crippen molar-refractivity contribution in [3.05, 3.63) is 29.8 Å². The van der Waals surface area contributed by atoms with Gasteiger partial charge in [0.15, 0.2) is 0 Å². The third-order valence-corrected chi connectivity index (χ3v) is 5.97. The van der Waals surface area contributed by atoms with E-state index in [1.165, 1.54) is 28.6 Å². The van der Waals surface area contributed by atoms with Crippen molar-refractivity contribution in [1.29, 1.82) is 0 Å². The quantitative estimate of drug-likeness (QED) is 0.761. The van der Waals surface area contributed by atoms with E-state index < -0.39 is 16.0 Å². The van der Waals surface area contributed by atoms with Crippen LogP contribution in [0.1, 0.15) is 30.1 Å². The van der Waals surface area contributed by atoms with Crippen LogP contribution in [0.4, 0.5) is 0 Å². The molecule has 2 rings (SSSR count). The van der Waals surface area contributed by atoms with E-state index >= 15 is 0 Å². The molecule has 1 fully saturated rings. The van der Waals surface area contributed by atoms with Crippen LogP contribution in [0.5, 0.6) is 0 Å². The minimum absolute atomic E-state index is 0.213. The van der Waals surface area contributed by atoms with Crippen LogP contribution in [0.15, 0.2) is 29.2 Å². The smallest absolute Gasteiger partial charge is 0.338 e. The van der Waals surface area contributed by atoms with Crippen LogP contribution in [0.2, 0.25) is 0 Å². The first-order valence-electron chi connectivity index (χ1n) is 7.80. The zero-order valence-electron chi connectivity index (χ0n) is 13.9. The molecule has 1 heterocycles. The second-order valence-electron chi connectivity index (χ2n) is 5.87. The zero-order valence-corrected chi connectivity index (χ0v) is 14.7. The topological polar surface area (TPSA) is 66.9 Å². The normalized spacial score (nSPS) is 19.7. The summed E-state index contributed by atoms with van der Waals surface area (Å²) in [6, 6.07) is 6.18. The van der Waals surface area contributed by atoms with Gasteiger partial charge < -0.3 is 9.64 Å². The Morgan fingerprint density at radius 1 is 1.30 bits per heavy atom. The summed E-state index contributed by atoms with van der Waals surface area (Å²) in [5, 5.41) is 0. The monoisotopic (exact) mass is 340 g/mol. The average molecular weight is 340 g/mol. The molecule has 1 aromatic rings. The Hall–Kier alpha value is -1.44. The molecule has 23 heavy (non-hydrogen) atoms. The van der Waals surface area contributed by atoms with Gasteiger partial charge >= 0.3 is 5.97 Å². The van der Waals surface area contributed by atoms with E-state index in [9.17, 15) is 13.2 Å². The summed E-state index contributed by atoms with van der Waals surface area (Å²) in [4.78, 5) is 13.9. The van der Waals surface area contributed by atoms with E-state index in [1.54, 1.807) is 6.92 Å². The number of piperidine rings is 1. The molecule has 0 spiro atoms. The second kappa shape index (κ2) is 7.42. The van der Waals surface area contributed by atoms with Gasteiger partial charge in [0.05, 0.1) is 17.1 Å². The van der Waals surface area contributed by atoms with Gasteiger partial charge in [-0.15, -0.1) is 0 Å². The number of hydrogen-bond acceptors (Lipinski definition) is 5. The van der Waals surface area contributed by atoms with Gasteiger partial charge in [-0.3, -0.25) is 0 Å². The van der Waals surface area contributed by atoms with E-state index in [0.29, 0.717) is 25.3 Å². The first-order valence-corrected chi connectivity index (χ1v) is 9.24. The molecule has 7 heteroatoms. The van der Waals surface area contributed by atoms with Crippen molar-refractivity contribution in [2.24, 2.45) is 0 Å². The van der Waals surface area contributed by atoms with Gasteiger partial charge in [-0.1, -0.05) is 0 Å². The van der Waals surface area contributed by atoms with Gasteiger partial charge in [0.2, 0.25) is 10.0 Å². The Morgan fingerprint density at radius 2 is 1.96 bits per heavy atom. The molecule has 1 aliphatic heterocycles. The number of sulfonamides is 1. The summed E-state index contributed by atoms with van der Waals surface area (Å²) in [5.74, 6) is -0.443. The Bertz CT molecular complexity index is 641. The van der Waals surface area contributed by atoms with Crippen molar-refractivity contribution in [1.82, 2.24) is 9.21 Å². The summed E-state index contributed by atoms with van der Waals surface area (Å²) in [6.45, 7) is 3.05. The van der Waals surface area contributed by atoms with Crippen molar-refractivity contribution in [3.8, 4) is 0 Å². The molecule has 0 aliphatic carbocycles. The molecule has 1 saturated heterocycles. The third kappa shape index (κ3) is 4.10. The van der Waals surface area contributed by atoms with Crippen LogP contribution in [-0.4, -0.2) is 63.4 Å². The van der Waals surface area contributed by atoms with Gasteiger partial charge in [0, 0.05) is 19.1 Å². The minimum atomic E-state index is -3.53. The lowest BCUT2D eigenvalue weighted by Crippen LogP contribution is -2.47. The maximum absolute atomic E-state index is 12.8. The fraction of sp³-hybridized carbons (Fsp3) is 0.562. The largest absolute Gasteiger partial charge is 0.462 e. The maximum Gasteiger partial charge on any atom is 0.338 e. The minimum Gasteiger partial charge on any atom is -0.462 e. The first-order chi connectivity index (χ1) is 10.9. The van der Waals surface area contributed by atoms with Crippen LogP contribution in [0.3, 0.4) is 0 Å². The SMILES string of the molecule is CCOC(=O)c1ccc(S(=O)(=O)N2CCC[C@H](N(C)C)C2)cc1. The number of rotatable bonds is 5. The standard InChI is InChI=1S/C16H24N2O4S/c1-4-22-16(19)13-7-9-15(10-8-13)23(20,21)18-11-5-6-14(12-18)17(2)3/h7-10,14H,4-6,11-12H2,1-3H3/t14-/m0/s1. The molecule has 6 nitrogen and oxygen atoms in total. The lowest BCUT2D eigenvalue weighted by atomic mass is 10.1. The number of carbonyl (C=O) groups is 1. The Morgan fingerprint density at radius 3 is 2.52 bits per heavy atom. The van der Waals surface area contributed by atoms with Crippen LogP contribution >= 0.6 is 0 Å². The molecule has 1 aliphatic rings. The van der Waals surface area contributed by atoms with Gasteiger partial charge in [0.1, 0.15) is 0 Å². The van der Waals surface area contributed by atoms with E-state index in [4.69, 9.17) is 4.74 Å². The van der Waals surface area contributed by atoms with Crippen LogP contribution < -0.4 is 0 Å². The van der Waals surface area contributed by atoms with Gasteiger partial charge in [-0.25, -0.2) is 13.2 Å². The first kappa shape index (κ1) is 17.9. The van der Waals surface area contributed by atoms with E-state index in [-0.39, 0.29) is 10.9 Å². The highest BCUT2D eigenvalue weighted by atomic mass is 32.2. The molecule has 0 unspecified atom stereocenters. The molecule has 0 radical (unpaired) electrons. The molecule has 0 amide bonds. The second-order valence-corrected chi connectivity index (χ2v) is 7.81. The Labute approximate surface area is 138 Å². The predicted molar refractivity (Wildman–Crippen MR) is 87.9 cm³/mol. The number of likely N-dealkylation sites (N-methyl/N-ethyl adjacent to an activating group) is 1. The van der Waals surface area contributed by atoms with Gasteiger partial charge in [-0.05, 0) is 58.1 Å². The van der Waals surface area contributed by atoms with Crippen molar-refractivity contribution in [2.75, 3.05) is 33.8 Å². The van der Waals surface area contributed by atoms with E-state index in [2.05, 4.69) is 4.90 Å². The molecule has 1 atom stereocenters. The van der Waals surface area contributed by atoms with Crippen molar-refractivity contribution >= 4 is 16.0 Å². The van der Waals surface area contributed by atoms with Gasteiger partial charge in [-0.2, -0.15) is 4.31 Å². The highest BCUT2D eigenvalue weighted by Gasteiger charge is 2.31. The summed E-state index contributed by atoms with van der Waals surface area (Å²) in [6.07, 6.45) is 1.85. The number of hydrogen-bond donors (Lipinski definition) is 0. The third-order valence-electron chi connectivity index (χ3n) is 4.09. The fourth-order valence-corrected chi connectivity index (χ4v) is 4.20. The van der Waals surface area contributed by atoms with Crippen molar-refractivity contribution < 1.29 is 17.9 Å². The number of nitrogens with zero attached hydrogens (tertiary/aromatic N) is 2. The molecule has 0 bridgehead atoms. The van der Waals surface area contributed by atoms with Crippen molar-refractivity contribution in [2.45, 2.75) is 30.7 Å². The molecular formula is C16H24N2O4S. The molecule has 0 aromatic heterocycles. The summed E-state index contributed by atoms with van der Waals surface area (Å²) in [5.41, 5.74) is 0.357. The molecule has 1 aromatic carbocycles. The van der Waals surface area contributed by atoms with Gasteiger partial charge in [0.25, 0.3) is 0 Å². The lowest BCUT2D eigenvalue weighted by Gasteiger charge is -2.35. The average Bonchev–Trinajstić information content (AvgIpc) is 2.55. The maximum atomic E-state index is 12.8.